The third-order valence-electron chi connectivity index (χ3n) is 4.14. The molecular formula is C18H21N5O2S. The van der Waals surface area contributed by atoms with Gasteiger partial charge in [0.2, 0.25) is 5.95 Å². The molecular weight excluding hydrogens is 350 g/mol. The molecule has 0 bridgehead atoms. The molecule has 0 fully saturated rings. The first-order valence-electron chi connectivity index (χ1n) is 8.15. The molecule has 7 nitrogen and oxygen atoms in total. The van der Waals surface area contributed by atoms with E-state index in [1.54, 1.807) is 36.7 Å². The number of nitrogens with two attached hydrogens (primary N) is 1. The fraction of sp³-hybridized carbons (Fsp3) is 0.278. The predicted octanol–water partition coefficient (Wildman–Crippen LogP) is 2.88. The van der Waals surface area contributed by atoms with Gasteiger partial charge in [-0.25, -0.2) is 23.4 Å². The zero-order chi connectivity index (χ0) is 19.1. The molecule has 2 N–H and O–H groups in total. The van der Waals surface area contributed by atoms with Crippen LogP contribution in [0.4, 0.5) is 5.95 Å². The minimum Gasteiger partial charge on any atom is -0.368 e. The monoisotopic (exact) mass is 371 g/mol. The first kappa shape index (κ1) is 18.1. The molecule has 136 valence electrons. The smallest absolute Gasteiger partial charge is 0.220 e. The van der Waals surface area contributed by atoms with Crippen molar-refractivity contribution >= 4 is 15.8 Å². The summed E-state index contributed by atoms with van der Waals surface area (Å²) in [7, 11) is -3.25. The van der Waals surface area contributed by atoms with Gasteiger partial charge >= 0.3 is 0 Å². The molecule has 1 aromatic carbocycles. The second-order valence-corrected chi connectivity index (χ2v) is 8.46. The molecule has 2 aromatic heterocycles. The topological polar surface area (TPSA) is 104 Å². The normalized spacial score (nSPS) is 11.9. The van der Waals surface area contributed by atoms with E-state index >= 15 is 0 Å². The van der Waals surface area contributed by atoms with Crippen LogP contribution in [0.15, 0.2) is 41.6 Å². The van der Waals surface area contributed by atoms with Crippen LogP contribution in [0.1, 0.15) is 25.7 Å². The average Bonchev–Trinajstić information content (AvgIpc) is 2.96. The molecule has 0 saturated heterocycles. The van der Waals surface area contributed by atoms with Crippen LogP contribution < -0.4 is 5.73 Å². The Kier molecular flexibility index (Phi) is 4.53. The van der Waals surface area contributed by atoms with E-state index in [-0.39, 0.29) is 16.9 Å². The molecule has 3 aromatic rings. The number of aryl methyl sites for hydroxylation is 1. The summed E-state index contributed by atoms with van der Waals surface area (Å²) in [5.41, 5.74) is 8.90. The number of hydrogen-bond acceptors (Lipinski definition) is 6. The van der Waals surface area contributed by atoms with Gasteiger partial charge < -0.3 is 10.3 Å². The number of hydrogen-bond donors (Lipinski definition) is 1. The van der Waals surface area contributed by atoms with E-state index in [0.717, 1.165) is 22.6 Å². The van der Waals surface area contributed by atoms with Crippen LogP contribution in [-0.4, -0.2) is 34.2 Å². The summed E-state index contributed by atoms with van der Waals surface area (Å²) in [5, 5.41) is 0. The summed E-state index contributed by atoms with van der Waals surface area (Å²) < 4.78 is 25.4. The summed E-state index contributed by atoms with van der Waals surface area (Å²) in [5.74, 6) is 1.05. The lowest BCUT2D eigenvalue weighted by atomic mass is 10.0. The van der Waals surface area contributed by atoms with E-state index in [1.165, 1.54) is 6.26 Å². The molecule has 0 atom stereocenters. The first-order valence-corrected chi connectivity index (χ1v) is 10.0. The van der Waals surface area contributed by atoms with Crippen LogP contribution in [-0.2, 0) is 9.84 Å². The second kappa shape index (κ2) is 6.53. The molecule has 0 aliphatic heterocycles. The Morgan fingerprint density at radius 2 is 1.73 bits per heavy atom. The van der Waals surface area contributed by atoms with Crippen LogP contribution >= 0.6 is 0 Å². The molecule has 26 heavy (non-hydrogen) atoms. The van der Waals surface area contributed by atoms with Gasteiger partial charge in [0.05, 0.1) is 16.8 Å². The minimum absolute atomic E-state index is 0.172. The summed E-state index contributed by atoms with van der Waals surface area (Å²) in [6.07, 6.45) is 4.61. The lowest BCUT2D eigenvalue weighted by molar-refractivity contribution is 0.587. The largest absolute Gasteiger partial charge is 0.368 e. The van der Waals surface area contributed by atoms with E-state index in [0.29, 0.717) is 5.69 Å². The van der Waals surface area contributed by atoms with Crippen molar-refractivity contribution in [3.8, 4) is 22.5 Å². The van der Waals surface area contributed by atoms with Crippen LogP contribution in [0.2, 0.25) is 0 Å². The van der Waals surface area contributed by atoms with Gasteiger partial charge in [-0.15, -0.1) is 0 Å². The Bertz CT molecular complexity index is 1050. The van der Waals surface area contributed by atoms with Crippen LogP contribution in [0, 0.1) is 6.92 Å². The Morgan fingerprint density at radius 1 is 1.08 bits per heavy atom. The highest BCUT2D eigenvalue weighted by Crippen LogP contribution is 2.33. The number of benzene rings is 1. The van der Waals surface area contributed by atoms with Crippen molar-refractivity contribution in [1.29, 1.82) is 0 Å². The van der Waals surface area contributed by atoms with Gasteiger partial charge in [-0.2, -0.15) is 0 Å². The van der Waals surface area contributed by atoms with E-state index in [2.05, 4.69) is 33.4 Å². The molecule has 0 aliphatic carbocycles. The predicted molar refractivity (Wildman–Crippen MR) is 101 cm³/mol. The highest BCUT2D eigenvalue weighted by atomic mass is 32.2. The quantitative estimate of drug-likeness (QED) is 0.756. The minimum atomic E-state index is -3.25. The third-order valence-corrected chi connectivity index (χ3v) is 5.27. The Balaban J connectivity index is 2.19. The lowest BCUT2D eigenvalue weighted by Crippen LogP contribution is -2.07. The Labute approximate surface area is 152 Å². The molecule has 3 rings (SSSR count). The first-order chi connectivity index (χ1) is 12.2. The summed E-state index contributed by atoms with van der Waals surface area (Å²) in [4.78, 5) is 13.2. The highest BCUT2D eigenvalue weighted by molar-refractivity contribution is 7.90. The summed E-state index contributed by atoms with van der Waals surface area (Å²) in [6.45, 7) is 6.08. The van der Waals surface area contributed by atoms with Crippen LogP contribution in [0.25, 0.3) is 22.5 Å². The number of rotatable bonds is 4. The van der Waals surface area contributed by atoms with Crippen molar-refractivity contribution in [3.63, 3.8) is 0 Å². The van der Waals surface area contributed by atoms with E-state index in [9.17, 15) is 8.42 Å². The molecule has 0 amide bonds. The summed E-state index contributed by atoms with van der Waals surface area (Å²) in [6, 6.07) is 6.85. The van der Waals surface area contributed by atoms with Gasteiger partial charge in [0.15, 0.2) is 9.84 Å². The molecule has 8 heteroatoms. The molecule has 0 aliphatic rings. The van der Waals surface area contributed by atoms with Crippen molar-refractivity contribution in [3.05, 3.63) is 42.5 Å². The Morgan fingerprint density at radius 3 is 2.31 bits per heavy atom. The van der Waals surface area contributed by atoms with E-state index in [1.807, 2.05) is 6.92 Å². The van der Waals surface area contributed by atoms with Gasteiger partial charge in [-0.3, -0.25) is 0 Å². The molecule has 0 unspecified atom stereocenters. The number of anilines is 1. The molecule has 0 saturated carbocycles. The number of sulfone groups is 1. The van der Waals surface area contributed by atoms with Crippen LogP contribution in [0.3, 0.4) is 0 Å². The lowest BCUT2D eigenvalue weighted by Gasteiger charge is -2.16. The average molecular weight is 371 g/mol. The third kappa shape index (κ3) is 3.32. The van der Waals surface area contributed by atoms with Gasteiger partial charge in [0.25, 0.3) is 0 Å². The van der Waals surface area contributed by atoms with Crippen molar-refractivity contribution in [1.82, 2.24) is 19.5 Å². The van der Waals surface area contributed by atoms with Crippen LogP contribution in [0.5, 0.6) is 0 Å². The standard InChI is InChI=1S/C18H21N5O2S/c1-11(2)23-12(3)20-10-16(23)17-15(9-21-18(19)22-17)13-5-7-14(8-6-13)26(4,24)25/h5-11H,1-4H3,(H2,19,21,22). The van der Waals surface area contributed by atoms with Crippen molar-refractivity contribution in [2.24, 2.45) is 0 Å². The number of nitrogens with zero attached hydrogens (tertiary/aromatic N) is 4. The fourth-order valence-corrected chi connectivity index (χ4v) is 3.59. The molecule has 2 heterocycles. The SMILES string of the molecule is Cc1ncc(-c2nc(N)ncc2-c2ccc(S(C)(=O)=O)cc2)n1C(C)C. The van der Waals surface area contributed by atoms with Gasteiger partial charge in [-0.05, 0) is 38.5 Å². The maximum atomic E-state index is 11.7. The van der Waals surface area contributed by atoms with E-state index in [4.69, 9.17) is 5.73 Å². The number of nitrogen functional groups attached to an aromatic ring is 1. The van der Waals surface area contributed by atoms with Gasteiger partial charge in [-0.1, -0.05) is 12.1 Å². The van der Waals surface area contributed by atoms with Crippen molar-refractivity contribution in [2.75, 3.05) is 12.0 Å². The highest BCUT2D eigenvalue weighted by Gasteiger charge is 2.18. The van der Waals surface area contributed by atoms with Crippen molar-refractivity contribution in [2.45, 2.75) is 31.7 Å². The zero-order valence-corrected chi connectivity index (χ0v) is 15.9. The molecule has 0 spiro atoms. The van der Waals surface area contributed by atoms with Gasteiger partial charge in [0.1, 0.15) is 11.5 Å². The summed E-state index contributed by atoms with van der Waals surface area (Å²) >= 11 is 0. The molecule has 0 radical (unpaired) electrons. The maximum absolute atomic E-state index is 11.7. The maximum Gasteiger partial charge on any atom is 0.220 e. The zero-order valence-electron chi connectivity index (χ0n) is 15.1. The van der Waals surface area contributed by atoms with E-state index < -0.39 is 9.84 Å². The second-order valence-electron chi connectivity index (χ2n) is 6.44. The fourth-order valence-electron chi connectivity index (χ4n) is 2.96. The number of aromatic nitrogens is 4. The number of imidazole rings is 1. The van der Waals surface area contributed by atoms with Crippen molar-refractivity contribution < 1.29 is 8.42 Å². The Hall–Kier alpha value is -2.74. The van der Waals surface area contributed by atoms with Gasteiger partial charge in [0, 0.05) is 24.1 Å².